The van der Waals surface area contributed by atoms with Gasteiger partial charge in [-0.2, -0.15) is 0 Å². The quantitative estimate of drug-likeness (QED) is 0.170. The number of esters is 1. The number of rotatable bonds is 6. The predicted octanol–water partition coefficient (Wildman–Crippen LogP) is 2.91. The molecule has 42 heavy (non-hydrogen) atoms. The smallest absolute Gasteiger partial charge is 0.343 e. The number of fused-ring (bicyclic) bond motifs is 5. The summed E-state index contributed by atoms with van der Waals surface area (Å²) in [5.74, 6) is -1.40. The highest BCUT2D eigenvalue weighted by Gasteiger charge is 2.45. The average molecular weight is 595 g/mol. The van der Waals surface area contributed by atoms with Crippen LogP contribution < -0.4 is 10.3 Å². The van der Waals surface area contributed by atoms with E-state index in [4.69, 9.17) is 4.74 Å². The van der Waals surface area contributed by atoms with Gasteiger partial charge in [-0.15, -0.1) is 0 Å². The van der Waals surface area contributed by atoms with E-state index in [-0.39, 0.29) is 64.7 Å². The number of ether oxygens (including phenoxy) is 1. The molecule has 4 heterocycles. The second-order valence-corrected chi connectivity index (χ2v) is 12.0. The largest absolute Gasteiger partial charge is 0.458 e. The van der Waals surface area contributed by atoms with Gasteiger partial charge in [0.25, 0.3) is 11.2 Å². The maximum atomic E-state index is 14.7. The lowest BCUT2D eigenvalue weighted by molar-refractivity contribution is -0.384. The van der Waals surface area contributed by atoms with Gasteiger partial charge in [0.15, 0.2) is 5.60 Å². The van der Waals surface area contributed by atoms with Crippen molar-refractivity contribution in [3.05, 3.63) is 96.6 Å². The number of non-ortho nitro benzene ring substituents is 1. The van der Waals surface area contributed by atoms with E-state index in [0.29, 0.717) is 22.1 Å². The molecule has 0 unspecified atom stereocenters. The summed E-state index contributed by atoms with van der Waals surface area (Å²) in [4.78, 5) is 40.8. The van der Waals surface area contributed by atoms with Gasteiger partial charge in [-0.1, -0.05) is 6.92 Å². The molecule has 6 rings (SSSR count). The molecule has 0 bridgehead atoms. The molecule has 14 heteroatoms. The van der Waals surface area contributed by atoms with Crippen LogP contribution in [0.25, 0.3) is 22.3 Å². The number of hydrogen-bond donors (Lipinski definition) is 2. The Kier molecular flexibility index (Phi) is 6.25. The number of nitrogens with one attached hydrogen (secondary N) is 1. The van der Waals surface area contributed by atoms with Gasteiger partial charge in [-0.05, 0) is 48.7 Å². The van der Waals surface area contributed by atoms with E-state index >= 15 is 0 Å². The van der Waals surface area contributed by atoms with Crippen molar-refractivity contribution in [1.82, 2.24) is 14.3 Å². The second kappa shape index (κ2) is 9.51. The summed E-state index contributed by atoms with van der Waals surface area (Å²) in [6.45, 7) is 2.56. The van der Waals surface area contributed by atoms with E-state index in [1.54, 1.807) is 19.9 Å². The number of sulfonamides is 1. The molecule has 0 aliphatic carbocycles. The molecular weight excluding hydrogens is 571 g/mol. The number of aromatic nitrogens is 2. The van der Waals surface area contributed by atoms with Crippen LogP contribution in [-0.2, 0) is 44.9 Å². The molecule has 0 radical (unpaired) electrons. The first-order chi connectivity index (χ1) is 19.9. The molecule has 0 spiro atoms. The van der Waals surface area contributed by atoms with E-state index < -0.39 is 37.9 Å². The van der Waals surface area contributed by atoms with Crippen LogP contribution in [-0.4, -0.2) is 34.0 Å². The van der Waals surface area contributed by atoms with Crippen LogP contribution in [0.4, 0.5) is 10.1 Å². The number of benzene rings is 2. The highest BCUT2D eigenvalue weighted by Crippen LogP contribution is 2.40. The maximum absolute atomic E-state index is 14.7. The number of nitro benzene ring substituents is 1. The average Bonchev–Trinajstić information content (AvgIpc) is 3.33. The Morgan fingerprint density at radius 2 is 1.90 bits per heavy atom. The molecule has 2 aromatic carbocycles. The number of aryl methyl sites for hydroxylation is 1. The zero-order valence-corrected chi connectivity index (χ0v) is 23.1. The number of cyclic esters (lactones) is 1. The molecular formula is C28H23FN4O8S. The summed E-state index contributed by atoms with van der Waals surface area (Å²) in [6, 6.07) is 8.68. The molecule has 4 aromatic rings. The third-order valence-corrected chi connectivity index (χ3v) is 9.30. The van der Waals surface area contributed by atoms with E-state index in [1.165, 1.54) is 16.7 Å². The number of hydrogen-bond acceptors (Lipinski definition) is 9. The Morgan fingerprint density at radius 3 is 2.57 bits per heavy atom. The van der Waals surface area contributed by atoms with E-state index in [2.05, 4.69) is 9.71 Å². The van der Waals surface area contributed by atoms with Crippen molar-refractivity contribution in [1.29, 1.82) is 0 Å². The molecule has 2 aromatic heterocycles. The standard InChI is InChI=1S/C28H23FN4O8S/c1-3-28(36)21-9-24-25-19(12-32(24)26(34)20(21)13-41-27(28)35)18(17-8-14(2)22(29)10-23(17)31-25)11-30-42(39,40)16-6-4-15(5-7-16)33(37)38/h4-10,30,36H,3,11-13H2,1-2H3/t28-/m0/s1. The molecule has 0 fully saturated rings. The lowest BCUT2D eigenvalue weighted by atomic mass is 9.86. The van der Waals surface area contributed by atoms with Crippen LogP contribution in [0, 0.1) is 22.9 Å². The van der Waals surface area contributed by atoms with Crippen LogP contribution >= 0.6 is 0 Å². The molecule has 0 amide bonds. The van der Waals surface area contributed by atoms with Gasteiger partial charge in [0.2, 0.25) is 10.0 Å². The normalized spacial score (nSPS) is 17.5. The number of nitro groups is 1. The van der Waals surface area contributed by atoms with Crippen molar-refractivity contribution in [3.63, 3.8) is 0 Å². The Balaban J connectivity index is 1.50. The first-order valence-electron chi connectivity index (χ1n) is 12.9. The third-order valence-electron chi connectivity index (χ3n) is 7.88. The van der Waals surface area contributed by atoms with Gasteiger partial charge >= 0.3 is 5.97 Å². The van der Waals surface area contributed by atoms with Crippen LogP contribution in [0.2, 0.25) is 0 Å². The summed E-state index contributed by atoms with van der Waals surface area (Å²) < 4.78 is 50.0. The van der Waals surface area contributed by atoms with Gasteiger partial charge in [-0.25, -0.2) is 27.3 Å². The minimum Gasteiger partial charge on any atom is -0.458 e. The number of pyridine rings is 2. The van der Waals surface area contributed by atoms with Gasteiger partial charge in [0.05, 0.1) is 38.8 Å². The lowest BCUT2D eigenvalue weighted by Crippen LogP contribution is -2.44. The van der Waals surface area contributed by atoms with Crippen molar-refractivity contribution in [2.75, 3.05) is 0 Å². The van der Waals surface area contributed by atoms with Crippen LogP contribution in [0.1, 0.15) is 41.2 Å². The van der Waals surface area contributed by atoms with Crippen molar-refractivity contribution >= 4 is 32.6 Å². The zero-order valence-electron chi connectivity index (χ0n) is 22.3. The fraction of sp³-hybridized carbons (Fsp3) is 0.250. The number of aliphatic hydroxyl groups is 1. The molecule has 2 aliphatic heterocycles. The Morgan fingerprint density at radius 1 is 1.19 bits per heavy atom. The molecule has 0 saturated carbocycles. The van der Waals surface area contributed by atoms with Gasteiger partial charge in [0.1, 0.15) is 12.4 Å². The molecule has 216 valence electrons. The minimum absolute atomic E-state index is 0.00321. The maximum Gasteiger partial charge on any atom is 0.343 e. The van der Waals surface area contributed by atoms with Gasteiger partial charge in [0, 0.05) is 41.3 Å². The van der Waals surface area contributed by atoms with Crippen molar-refractivity contribution in [2.24, 2.45) is 0 Å². The summed E-state index contributed by atoms with van der Waals surface area (Å²) in [6.07, 6.45) is -0.0418. The first-order valence-corrected chi connectivity index (χ1v) is 14.4. The SMILES string of the molecule is CC[C@@]1(O)C(=O)OCc2c1cc1n(c2=O)Cc2c-1nc1cc(F)c(C)cc1c2CNS(=O)(=O)c1ccc([N+](=O)[O-])cc1. The third kappa shape index (κ3) is 4.09. The lowest BCUT2D eigenvalue weighted by Gasteiger charge is -2.31. The number of carbonyl (C=O) groups excluding carboxylic acids is 1. The topological polar surface area (TPSA) is 171 Å². The minimum atomic E-state index is -4.14. The van der Waals surface area contributed by atoms with E-state index in [0.717, 1.165) is 24.3 Å². The van der Waals surface area contributed by atoms with Crippen molar-refractivity contribution in [3.8, 4) is 11.4 Å². The van der Waals surface area contributed by atoms with E-state index in [1.807, 2.05) is 0 Å². The fourth-order valence-electron chi connectivity index (χ4n) is 5.49. The highest BCUT2D eigenvalue weighted by molar-refractivity contribution is 7.89. The van der Waals surface area contributed by atoms with Crippen molar-refractivity contribution < 1.29 is 32.4 Å². The van der Waals surface area contributed by atoms with Crippen LogP contribution in [0.5, 0.6) is 0 Å². The molecule has 0 saturated heterocycles. The molecule has 2 N–H and O–H groups in total. The zero-order chi connectivity index (χ0) is 30.1. The Hall–Kier alpha value is -4.53. The monoisotopic (exact) mass is 594 g/mol. The first kappa shape index (κ1) is 27.6. The van der Waals surface area contributed by atoms with Crippen LogP contribution in [0.15, 0.2) is 52.2 Å². The van der Waals surface area contributed by atoms with Gasteiger partial charge < -0.3 is 14.4 Å². The fourth-order valence-corrected chi connectivity index (χ4v) is 6.49. The summed E-state index contributed by atoms with van der Waals surface area (Å²) in [5.41, 5.74) is -0.513. The summed E-state index contributed by atoms with van der Waals surface area (Å²) in [5, 5.41) is 22.6. The molecule has 2 aliphatic rings. The Labute approximate surface area is 237 Å². The number of halogens is 1. The van der Waals surface area contributed by atoms with E-state index in [9.17, 15) is 37.6 Å². The summed E-state index contributed by atoms with van der Waals surface area (Å²) in [7, 11) is -4.14. The second-order valence-electron chi connectivity index (χ2n) is 10.2. The number of nitrogens with zero attached hydrogens (tertiary/aromatic N) is 3. The molecule has 1 atom stereocenters. The summed E-state index contributed by atoms with van der Waals surface area (Å²) >= 11 is 0. The predicted molar refractivity (Wildman–Crippen MR) is 146 cm³/mol. The highest BCUT2D eigenvalue weighted by atomic mass is 32.2. The van der Waals surface area contributed by atoms with Crippen molar-refractivity contribution in [2.45, 2.75) is 50.5 Å². The van der Waals surface area contributed by atoms with Gasteiger partial charge in [-0.3, -0.25) is 14.9 Å². The number of carbonyl (C=O) groups is 1. The molecule has 12 nitrogen and oxygen atoms in total. The Bertz CT molecular complexity index is 2030. The van der Waals surface area contributed by atoms with Crippen LogP contribution in [0.3, 0.4) is 0 Å².